The summed E-state index contributed by atoms with van der Waals surface area (Å²) in [6.07, 6.45) is 0.709. The van der Waals surface area contributed by atoms with Gasteiger partial charge in [0, 0.05) is 16.6 Å². The van der Waals surface area contributed by atoms with Crippen molar-refractivity contribution in [3.05, 3.63) is 58.1 Å². The van der Waals surface area contributed by atoms with Gasteiger partial charge < -0.3 is 15.4 Å². The van der Waals surface area contributed by atoms with Crippen molar-refractivity contribution in [2.75, 3.05) is 10.6 Å². The maximum atomic E-state index is 12.4. The molecule has 3 rings (SSSR count). The Morgan fingerprint density at radius 2 is 1.82 bits per heavy atom. The summed E-state index contributed by atoms with van der Waals surface area (Å²) in [5, 5.41) is 6.07. The predicted octanol–water partition coefficient (Wildman–Crippen LogP) is 4.53. The first-order valence-electron chi connectivity index (χ1n) is 8.71. The van der Waals surface area contributed by atoms with Crippen molar-refractivity contribution in [1.29, 1.82) is 0 Å². The molecule has 2 aromatic carbocycles. The second-order valence-corrected chi connectivity index (χ2v) is 7.35. The van der Waals surface area contributed by atoms with Gasteiger partial charge >= 0.3 is 5.97 Å². The molecule has 2 aromatic rings. The third-order valence-electron chi connectivity index (χ3n) is 4.15. The molecule has 0 bridgehead atoms. The van der Waals surface area contributed by atoms with Crippen LogP contribution >= 0.6 is 23.2 Å². The highest BCUT2D eigenvalue weighted by Crippen LogP contribution is 2.30. The molecular formula is C20H18Cl2N2O4. The number of ether oxygens (including phenoxy) is 1. The number of carbonyl (C=O) groups is 3. The lowest BCUT2D eigenvalue weighted by Crippen LogP contribution is -2.30. The van der Waals surface area contributed by atoms with Crippen LogP contribution in [0, 0.1) is 5.92 Å². The molecule has 0 radical (unpaired) electrons. The summed E-state index contributed by atoms with van der Waals surface area (Å²) in [5.41, 5.74) is 1.06. The molecule has 0 spiro atoms. The van der Waals surface area contributed by atoms with Gasteiger partial charge in [-0.2, -0.15) is 0 Å². The number of esters is 1. The van der Waals surface area contributed by atoms with Gasteiger partial charge in [-0.15, -0.1) is 0 Å². The lowest BCUT2D eigenvalue weighted by molar-refractivity contribution is -0.123. The van der Waals surface area contributed by atoms with Gasteiger partial charge in [-0.25, -0.2) is 4.79 Å². The monoisotopic (exact) mass is 420 g/mol. The van der Waals surface area contributed by atoms with Gasteiger partial charge in [0.15, 0.2) is 6.10 Å². The minimum Gasteiger partial charge on any atom is -0.449 e. The normalized spacial score (nSPS) is 14.1. The predicted molar refractivity (Wildman–Crippen MR) is 108 cm³/mol. The Morgan fingerprint density at radius 1 is 1.07 bits per heavy atom. The zero-order valence-corrected chi connectivity index (χ0v) is 16.5. The van der Waals surface area contributed by atoms with Gasteiger partial charge in [0.25, 0.3) is 5.91 Å². The van der Waals surface area contributed by atoms with Crippen LogP contribution in [0.3, 0.4) is 0 Å². The molecule has 2 N–H and O–H groups in total. The maximum absolute atomic E-state index is 12.4. The molecule has 2 amide bonds. The van der Waals surface area contributed by atoms with Gasteiger partial charge in [0.1, 0.15) is 0 Å². The number of carbonyl (C=O) groups excluding carboxylic acids is 3. The Bertz CT molecular complexity index is 928. The lowest BCUT2D eigenvalue weighted by Gasteiger charge is -2.15. The number of nitrogens with one attached hydrogen (secondary N) is 2. The van der Waals surface area contributed by atoms with E-state index in [9.17, 15) is 14.4 Å². The second-order valence-electron chi connectivity index (χ2n) is 6.51. The standard InChI is InChI=1S/C20H18Cl2N2O4/c1-11(18(25)24-17-10-14(21)7-8-16(17)22)28-20(27)13-3-2-4-15(9-13)23-19(26)12-5-6-12/h2-4,7-12H,5-6H2,1H3,(H,23,26)(H,24,25). The Morgan fingerprint density at radius 3 is 2.54 bits per heavy atom. The quantitative estimate of drug-likeness (QED) is 0.672. The second kappa shape index (κ2) is 8.63. The summed E-state index contributed by atoms with van der Waals surface area (Å²) in [6.45, 7) is 1.45. The van der Waals surface area contributed by atoms with Crippen LogP contribution < -0.4 is 10.6 Å². The van der Waals surface area contributed by atoms with Crippen LogP contribution in [0.5, 0.6) is 0 Å². The van der Waals surface area contributed by atoms with Crippen molar-refractivity contribution in [2.24, 2.45) is 5.92 Å². The fourth-order valence-corrected chi connectivity index (χ4v) is 2.76. The van der Waals surface area contributed by atoms with Crippen LogP contribution in [-0.4, -0.2) is 23.9 Å². The molecule has 1 atom stereocenters. The van der Waals surface area contributed by atoms with E-state index in [1.807, 2.05) is 0 Å². The lowest BCUT2D eigenvalue weighted by atomic mass is 10.2. The molecular weight excluding hydrogens is 403 g/mol. The number of benzene rings is 2. The summed E-state index contributed by atoms with van der Waals surface area (Å²) < 4.78 is 5.22. The highest BCUT2D eigenvalue weighted by molar-refractivity contribution is 6.35. The van der Waals surface area contributed by atoms with Crippen molar-refractivity contribution < 1.29 is 19.1 Å². The molecule has 1 unspecified atom stereocenters. The first-order valence-corrected chi connectivity index (χ1v) is 9.47. The Hall–Kier alpha value is -2.57. The van der Waals surface area contributed by atoms with Crippen molar-refractivity contribution >= 4 is 52.4 Å². The van der Waals surface area contributed by atoms with Crippen LogP contribution in [0.2, 0.25) is 10.0 Å². The van der Waals surface area contributed by atoms with E-state index in [1.165, 1.54) is 19.1 Å². The molecule has 0 aliphatic heterocycles. The van der Waals surface area contributed by atoms with Crippen LogP contribution in [0.15, 0.2) is 42.5 Å². The van der Waals surface area contributed by atoms with E-state index in [0.29, 0.717) is 21.4 Å². The van der Waals surface area contributed by atoms with Crippen LogP contribution in [0.1, 0.15) is 30.1 Å². The zero-order valence-electron chi connectivity index (χ0n) is 15.0. The van der Waals surface area contributed by atoms with Gasteiger partial charge in [0.2, 0.25) is 5.91 Å². The molecule has 1 saturated carbocycles. The molecule has 1 fully saturated rings. The number of anilines is 2. The van der Waals surface area contributed by atoms with Crippen molar-refractivity contribution in [3.63, 3.8) is 0 Å². The SMILES string of the molecule is CC(OC(=O)c1cccc(NC(=O)C2CC2)c1)C(=O)Nc1cc(Cl)ccc1Cl. The fourth-order valence-electron chi connectivity index (χ4n) is 2.42. The molecule has 28 heavy (non-hydrogen) atoms. The molecule has 1 aliphatic carbocycles. The van der Waals surface area contributed by atoms with Crippen LogP contribution in [-0.2, 0) is 14.3 Å². The van der Waals surface area contributed by atoms with E-state index < -0.39 is 18.0 Å². The summed E-state index contributed by atoms with van der Waals surface area (Å²) in [6, 6.07) is 11.0. The van der Waals surface area contributed by atoms with Gasteiger partial charge in [0.05, 0.1) is 16.3 Å². The van der Waals surface area contributed by atoms with Gasteiger partial charge in [-0.05, 0) is 56.2 Å². The fraction of sp³-hybridized carbons (Fsp3) is 0.250. The first kappa shape index (κ1) is 20.2. The Balaban J connectivity index is 1.60. The molecule has 1 aliphatic rings. The summed E-state index contributed by atoms with van der Waals surface area (Å²) in [5.74, 6) is -1.23. The third-order valence-corrected chi connectivity index (χ3v) is 4.72. The summed E-state index contributed by atoms with van der Waals surface area (Å²) in [7, 11) is 0. The van der Waals surface area contributed by atoms with E-state index in [2.05, 4.69) is 10.6 Å². The highest BCUT2D eigenvalue weighted by Gasteiger charge is 2.29. The van der Waals surface area contributed by atoms with Crippen molar-refractivity contribution in [2.45, 2.75) is 25.9 Å². The number of halogens is 2. The summed E-state index contributed by atoms with van der Waals surface area (Å²) in [4.78, 5) is 36.5. The van der Waals surface area contributed by atoms with Crippen molar-refractivity contribution in [1.82, 2.24) is 0 Å². The van der Waals surface area contributed by atoms with E-state index >= 15 is 0 Å². The third kappa shape index (κ3) is 5.24. The zero-order chi connectivity index (χ0) is 20.3. The average Bonchev–Trinajstić information content (AvgIpc) is 3.50. The van der Waals surface area contributed by atoms with E-state index in [-0.39, 0.29) is 17.4 Å². The molecule has 6 nitrogen and oxygen atoms in total. The van der Waals surface area contributed by atoms with Gasteiger partial charge in [-0.3, -0.25) is 9.59 Å². The Kier molecular flexibility index (Phi) is 6.21. The molecule has 146 valence electrons. The van der Waals surface area contributed by atoms with E-state index in [0.717, 1.165) is 12.8 Å². The van der Waals surface area contributed by atoms with Gasteiger partial charge in [-0.1, -0.05) is 29.3 Å². The van der Waals surface area contributed by atoms with E-state index in [4.69, 9.17) is 27.9 Å². The molecule has 0 saturated heterocycles. The Labute approximate surface area is 172 Å². The maximum Gasteiger partial charge on any atom is 0.338 e. The average molecular weight is 421 g/mol. The summed E-state index contributed by atoms with van der Waals surface area (Å²) >= 11 is 11.9. The topological polar surface area (TPSA) is 84.5 Å². The smallest absolute Gasteiger partial charge is 0.338 e. The minimum atomic E-state index is -1.06. The number of rotatable bonds is 6. The van der Waals surface area contributed by atoms with E-state index in [1.54, 1.807) is 30.3 Å². The van der Waals surface area contributed by atoms with Crippen LogP contribution in [0.25, 0.3) is 0 Å². The molecule has 8 heteroatoms. The largest absolute Gasteiger partial charge is 0.449 e. The molecule has 0 aromatic heterocycles. The highest BCUT2D eigenvalue weighted by atomic mass is 35.5. The molecule has 0 heterocycles. The number of hydrogen-bond acceptors (Lipinski definition) is 4. The van der Waals surface area contributed by atoms with Crippen LogP contribution in [0.4, 0.5) is 11.4 Å². The minimum absolute atomic E-state index is 0.0534. The number of amides is 2. The number of hydrogen-bond donors (Lipinski definition) is 2. The first-order chi connectivity index (χ1) is 13.3. The van der Waals surface area contributed by atoms with Crippen molar-refractivity contribution in [3.8, 4) is 0 Å².